The van der Waals surface area contributed by atoms with Gasteiger partial charge < -0.3 is 25.0 Å². The molecule has 3 N–H and O–H groups in total. The van der Waals surface area contributed by atoms with Crippen LogP contribution in [0.1, 0.15) is 27.9 Å². The third kappa shape index (κ3) is 2.82. The van der Waals surface area contributed by atoms with Crippen LogP contribution in [-0.2, 0) is 12.8 Å². The van der Waals surface area contributed by atoms with Crippen molar-refractivity contribution in [1.29, 1.82) is 0 Å². The number of pyridine rings is 1. The van der Waals surface area contributed by atoms with E-state index < -0.39 is 22.8 Å². The first kappa shape index (κ1) is 21.1. The van der Waals surface area contributed by atoms with Gasteiger partial charge >= 0.3 is 5.97 Å². The molecule has 0 spiro atoms. The Kier molecular flexibility index (Phi) is 4.35. The average Bonchev–Trinajstić information content (AvgIpc) is 3.30. The molecule has 1 fully saturated rings. The van der Waals surface area contributed by atoms with Gasteiger partial charge in [-0.05, 0) is 48.1 Å². The van der Waals surface area contributed by atoms with Crippen molar-refractivity contribution in [3.8, 4) is 28.3 Å². The maximum Gasteiger partial charge on any atom is 0.341 e. The van der Waals surface area contributed by atoms with Crippen molar-refractivity contribution in [2.24, 2.45) is 5.73 Å². The largest absolute Gasteiger partial charge is 0.477 e. The normalized spacial score (nSPS) is 17.4. The highest BCUT2D eigenvalue weighted by Gasteiger charge is 2.34. The van der Waals surface area contributed by atoms with Gasteiger partial charge in [-0.25, -0.2) is 9.18 Å². The summed E-state index contributed by atoms with van der Waals surface area (Å²) in [6.07, 6.45) is 3.59. The minimum Gasteiger partial charge on any atom is -0.477 e. The zero-order valence-electron chi connectivity index (χ0n) is 19.3. The Balaban J connectivity index is 1.57. The fourth-order valence-corrected chi connectivity index (χ4v) is 5.92. The summed E-state index contributed by atoms with van der Waals surface area (Å²) in [5, 5.41) is 9.72. The minimum absolute atomic E-state index is 0.0247. The summed E-state index contributed by atoms with van der Waals surface area (Å²) < 4.78 is 23.9. The quantitative estimate of drug-likeness (QED) is 0.390. The van der Waals surface area contributed by atoms with Crippen molar-refractivity contribution >= 4 is 22.6 Å². The van der Waals surface area contributed by atoms with Crippen molar-refractivity contribution in [3.63, 3.8) is 0 Å². The van der Waals surface area contributed by atoms with Crippen LogP contribution < -0.4 is 20.8 Å². The van der Waals surface area contributed by atoms with E-state index in [0.717, 1.165) is 35.6 Å². The van der Waals surface area contributed by atoms with Gasteiger partial charge in [0.05, 0.1) is 11.1 Å². The number of rotatable bonds is 2. The van der Waals surface area contributed by atoms with Gasteiger partial charge in [-0.2, -0.15) is 0 Å². The van der Waals surface area contributed by atoms with Crippen molar-refractivity contribution in [1.82, 2.24) is 4.57 Å². The molecule has 1 unspecified atom stereocenters. The number of carboxylic acids is 1. The molecule has 7 nitrogen and oxygen atoms in total. The van der Waals surface area contributed by atoms with E-state index in [2.05, 4.69) is 12.1 Å². The number of fused-ring (bicyclic) bond motifs is 6. The van der Waals surface area contributed by atoms with Crippen LogP contribution in [-0.4, -0.2) is 34.8 Å². The van der Waals surface area contributed by atoms with Crippen LogP contribution in [0.3, 0.4) is 0 Å². The van der Waals surface area contributed by atoms with Crippen LogP contribution in [0, 0.1) is 5.82 Å². The van der Waals surface area contributed by atoms with E-state index >= 15 is 4.39 Å². The third-order valence-corrected chi connectivity index (χ3v) is 7.60. The molecular weight excluding hydrogens is 461 g/mol. The molecule has 0 bridgehead atoms. The van der Waals surface area contributed by atoms with Crippen molar-refractivity contribution in [3.05, 3.63) is 81.4 Å². The van der Waals surface area contributed by atoms with Gasteiger partial charge in [-0.1, -0.05) is 30.3 Å². The molecule has 0 radical (unpaired) electrons. The number of halogens is 1. The number of anilines is 1. The van der Waals surface area contributed by atoms with E-state index in [-0.39, 0.29) is 22.9 Å². The van der Waals surface area contributed by atoms with Crippen molar-refractivity contribution in [2.75, 3.05) is 18.0 Å². The number of benzene rings is 3. The highest BCUT2D eigenvalue weighted by atomic mass is 19.1. The minimum atomic E-state index is -1.36. The first-order valence-electron chi connectivity index (χ1n) is 12.0. The molecule has 8 heteroatoms. The molecule has 1 aromatic heterocycles. The van der Waals surface area contributed by atoms with Gasteiger partial charge in [0.2, 0.25) is 5.43 Å². The summed E-state index contributed by atoms with van der Waals surface area (Å²) in [4.78, 5) is 26.9. The second-order valence-electron chi connectivity index (χ2n) is 9.67. The average molecular weight is 483 g/mol. The molecule has 0 amide bonds. The number of nitrogens with two attached hydrogens (primary N) is 1. The molecule has 1 atom stereocenters. The Labute approximate surface area is 205 Å². The molecule has 180 valence electrons. The van der Waals surface area contributed by atoms with Gasteiger partial charge in [-0.3, -0.25) is 4.79 Å². The Morgan fingerprint density at radius 2 is 1.94 bits per heavy atom. The van der Waals surface area contributed by atoms with Crippen LogP contribution in [0.15, 0.2) is 53.5 Å². The van der Waals surface area contributed by atoms with Gasteiger partial charge in [-0.15, -0.1) is 0 Å². The molecule has 1 aliphatic carbocycles. The predicted molar refractivity (Wildman–Crippen MR) is 134 cm³/mol. The molecule has 36 heavy (non-hydrogen) atoms. The van der Waals surface area contributed by atoms with Crippen molar-refractivity contribution < 1.29 is 19.0 Å². The Morgan fingerprint density at radius 1 is 1.11 bits per heavy atom. The molecule has 3 heterocycles. The summed E-state index contributed by atoms with van der Waals surface area (Å²) in [6.45, 7) is 1.02. The number of hydrogen-bond donors (Lipinski definition) is 2. The number of aromatic nitrogens is 1. The lowest BCUT2D eigenvalue weighted by Crippen LogP contribution is -2.28. The Hall–Kier alpha value is -4.17. The van der Waals surface area contributed by atoms with E-state index in [9.17, 15) is 14.7 Å². The summed E-state index contributed by atoms with van der Waals surface area (Å²) in [5.41, 5.74) is 10.6. The highest BCUT2D eigenvalue weighted by Crippen LogP contribution is 2.51. The van der Waals surface area contributed by atoms with Crippen LogP contribution >= 0.6 is 0 Å². The predicted octanol–water partition coefficient (Wildman–Crippen LogP) is 4.24. The second kappa shape index (κ2) is 7.41. The van der Waals surface area contributed by atoms with E-state index in [1.54, 1.807) is 4.57 Å². The summed E-state index contributed by atoms with van der Waals surface area (Å²) in [7, 11) is 0. The molecule has 3 aromatic carbocycles. The lowest BCUT2D eigenvalue weighted by Gasteiger charge is -2.32. The number of nitrogens with zero attached hydrogens (tertiary/aromatic N) is 2. The molecule has 3 aliphatic rings. The first-order valence-corrected chi connectivity index (χ1v) is 12.0. The van der Waals surface area contributed by atoms with Crippen LogP contribution in [0.4, 0.5) is 10.1 Å². The number of ether oxygens (including phenoxy) is 1. The number of carbonyl (C=O) groups is 1. The lowest BCUT2D eigenvalue weighted by atomic mass is 9.84. The molecule has 7 rings (SSSR count). The van der Waals surface area contributed by atoms with Gasteiger partial charge in [0.25, 0.3) is 0 Å². The van der Waals surface area contributed by atoms with Crippen LogP contribution in [0.25, 0.3) is 27.7 Å². The van der Waals surface area contributed by atoms with Gasteiger partial charge in [0, 0.05) is 30.9 Å². The molecule has 0 saturated carbocycles. The van der Waals surface area contributed by atoms with Crippen LogP contribution in [0.5, 0.6) is 11.5 Å². The summed E-state index contributed by atoms with van der Waals surface area (Å²) in [6, 6.07) is 13.1. The zero-order chi connectivity index (χ0) is 24.7. The monoisotopic (exact) mass is 483 g/mol. The van der Waals surface area contributed by atoms with E-state index in [4.69, 9.17) is 10.5 Å². The van der Waals surface area contributed by atoms with Gasteiger partial charge in [0.15, 0.2) is 17.3 Å². The van der Waals surface area contributed by atoms with Crippen LogP contribution in [0.2, 0.25) is 0 Å². The Bertz CT molecular complexity index is 1690. The fraction of sp³-hybridized carbons (Fsp3) is 0.214. The van der Waals surface area contributed by atoms with E-state index in [0.29, 0.717) is 36.5 Å². The summed E-state index contributed by atoms with van der Waals surface area (Å²) >= 11 is 0. The molecule has 4 aromatic rings. The highest BCUT2D eigenvalue weighted by molar-refractivity contribution is 5.99. The number of hydrogen-bond acceptors (Lipinski definition) is 5. The smallest absolute Gasteiger partial charge is 0.341 e. The maximum atomic E-state index is 15.7. The zero-order valence-corrected chi connectivity index (χ0v) is 19.3. The second-order valence-corrected chi connectivity index (χ2v) is 9.67. The van der Waals surface area contributed by atoms with E-state index in [1.165, 1.54) is 11.8 Å². The molecule has 1 saturated heterocycles. The Morgan fingerprint density at radius 3 is 2.72 bits per heavy atom. The SMILES string of the molecule is NC1CCN(c2c(F)cc3c(=O)c(C(=O)O)cn4c3c2Oc2c-4ccc3c2CCc2ccccc2-3)C1. The lowest BCUT2D eigenvalue weighted by molar-refractivity contribution is 0.0695. The number of aromatic carboxylic acids is 1. The standard InChI is InChI=1S/C28H22FN3O4/c29-21-11-19-23-27(24(21)31-10-9-15(30)12-31)36-26-18-6-5-14-3-1-2-4-16(14)17(18)7-8-22(26)32(23)13-20(25(19)33)28(34)35/h1-4,7-8,11,13,15H,5-6,9-10,12,30H2,(H,34,35). The van der Waals surface area contributed by atoms with Crippen molar-refractivity contribution in [2.45, 2.75) is 25.3 Å². The van der Waals surface area contributed by atoms with E-state index in [1.807, 2.05) is 29.2 Å². The molecule has 2 aliphatic heterocycles. The fourth-order valence-electron chi connectivity index (χ4n) is 5.92. The topological polar surface area (TPSA) is 97.8 Å². The maximum absolute atomic E-state index is 15.7. The first-order chi connectivity index (χ1) is 17.4. The number of aryl methyl sites for hydroxylation is 1. The molecular formula is C28H22FN3O4. The number of carboxylic acid groups (broad SMARTS) is 1. The summed E-state index contributed by atoms with van der Waals surface area (Å²) in [5.74, 6) is -1.20. The third-order valence-electron chi connectivity index (χ3n) is 7.60. The van der Waals surface area contributed by atoms with Gasteiger partial charge in [0.1, 0.15) is 16.8 Å².